The molecule has 0 amide bonds. The Labute approximate surface area is 207 Å². The van der Waals surface area contributed by atoms with E-state index < -0.39 is 0 Å². The van der Waals surface area contributed by atoms with E-state index in [-0.39, 0.29) is 6.04 Å². The number of nitrogens with zero attached hydrogens (tertiary/aromatic N) is 2. The first-order valence-electron chi connectivity index (χ1n) is 12.0. The molecule has 182 valence electrons. The Hall–Kier alpha value is -2.61. The average Bonchev–Trinajstić information content (AvgIpc) is 3.29. The molecule has 1 atom stereocenters. The molecule has 1 fully saturated rings. The largest absolute Gasteiger partial charge is 0.493 e. The van der Waals surface area contributed by atoms with Gasteiger partial charge in [-0.1, -0.05) is 24.3 Å². The van der Waals surface area contributed by atoms with Crippen LogP contribution in [0.4, 0.5) is 5.69 Å². The van der Waals surface area contributed by atoms with Crippen molar-refractivity contribution in [3.05, 3.63) is 59.4 Å². The van der Waals surface area contributed by atoms with Gasteiger partial charge in [0.2, 0.25) is 0 Å². The number of morpholine rings is 1. The number of benzene rings is 2. The molecule has 1 saturated heterocycles. The Morgan fingerprint density at radius 1 is 1.18 bits per heavy atom. The molecule has 3 aromatic rings. The first-order valence-corrected chi connectivity index (χ1v) is 12.4. The van der Waals surface area contributed by atoms with Crippen molar-refractivity contribution in [3.8, 4) is 5.75 Å². The molecule has 0 spiro atoms. The fourth-order valence-electron chi connectivity index (χ4n) is 4.39. The number of hydrogen-bond donors (Lipinski definition) is 1. The van der Waals surface area contributed by atoms with Crippen LogP contribution in [-0.4, -0.2) is 61.4 Å². The fraction of sp³-hybridized carbons (Fsp3) is 0.444. The molecule has 1 aliphatic heterocycles. The van der Waals surface area contributed by atoms with Crippen molar-refractivity contribution in [1.29, 1.82) is 0 Å². The second-order valence-electron chi connectivity index (χ2n) is 8.95. The van der Waals surface area contributed by atoms with Gasteiger partial charge in [0.15, 0.2) is 16.4 Å². The smallest absolute Gasteiger partial charge is 0.176 e. The second-order valence-corrected chi connectivity index (χ2v) is 9.34. The number of fused-ring (bicyclic) bond motifs is 1. The maximum absolute atomic E-state index is 6.29. The molecule has 1 aromatic heterocycles. The lowest BCUT2D eigenvalue weighted by Crippen LogP contribution is -2.41. The molecule has 1 aliphatic rings. The van der Waals surface area contributed by atoms with Crippen molar-refractivity contribution in [2.75, 3.05) is 51.8 Å². The second kappa shape index (κ2) is 11.2. The third-order valence-electron chi connectivity index (χ3n) is 6.50. The lowest BCUT2D eigenvalue weighted by molar-refractivity contribution is 0.0365. The normalized spacial score (nSPS) is 15.3. The Morgan fingerprint density at radius 2 is 1.97 bits per heavy atom. The summed E-state index contributed by atoms with van der Waals surface area (Å²) in [7, 11) is 1.67. The van der Waals surface area contributed by atoms with Crippen molar-refractivity contribution in [3.63, 3.8) is 0 Å². The number of aryl methyl sites for hydroxylation is 2. The molecule has 2 heterocycles. The van der Waals surface area contributed by atoms with Crippen LogP contribution in [0.3, 0.4) is 0 Å². The number of furan rings is 1. The van der Waals surface area contributed by atoms with E-state index in [1.807, 2.05) is 18.2 Å². The highest BCUT2D eigenvalue weighted by atomic mass is 32.1. The van der Waals surface area contributed by atoms with Crippen molar-refractivity contribution in [2.24, 2.45) is 0 Å². The van der Waals surface area contributed by atoms with Gasteiger partial charge in [0.25, 0.3) is 0 Å². The van der Waals surface area contributed by atoms with Crippen molar-refractivity contribution in [2.45, 2.75) is 33.2 Å². The van der Waals surface area contributed by atoms with E-state index >= 15 is 0 Å². The molecule has 2 aromatic carbocycles. The van der Waals surface area contributed by atoms with Crippen LogP contribution in [0, 0.1) is 13.8 Å². The predicted octanol–water partition coefficient (Wildman–Crippen LogP) is 5.54. The molecule has 34 heavy (non-hydrogen) atoms. The summed E-state index contributed by atoms with van der Waals surface area (Å²) in [5, 5.41) is 5.24. The summed E-state index contributed by atoms with van der Waals surface area (Å²) >= 11 is 5.95. The molecule has 0 aliphatic carbocycles. The maximum Gasteiger partial charge on any atom is 0.176 e. The highest BCUT2D eigenvalue weighted by molar-refractivity contribution is 7.80. The van der Waals surface area contributed by atoms with Gasteiger partial charge >= 0.3 is 0 Å². The quantitative estimate of drug-likeness (QED) is 0.424. The van der Waals surface area contributed by atoms with Crippen LogP contribution in [0.25, 0.3) is 11.0 Å². The van der Waals surface area contributed by atoms with Gasteiger partial charge in [-0.05, 0) is 68.7 Å². The third kappa shape index (κ3) is 5.71. The summed E-state index contributed by atoms with van der Waals surface area (Å²) in [6.07, 6.45) is 1.00. The summed E-state index contributed by atoms with van der Waals surface area (Å²) in [6, 6.07) is 14.4. The zero-order chi connectivity index (χ0) is 24.1. The van der Waals surface area contributed by atoms with E-state index in [1.165, 1.54) is 11.1 Å². The Morgan fingerprint density at radius 3 is 2.74 bits per heavy atom. The lowest BCUT2D eigenvalue weighted by Gasteiger charge is -2.33. The van der Waals surface area contributed by atoms with E-state index in [2.05, 4.69) is 60.2 Å². The number of methoxy groups -OCH3 is 1. The van der Waals surface area contributed by atoms with E-state index in [9.17, 15) is 0 Å². The number of nitrogens with one attached hydrogen (secondary N) is 1. The van der Waals surface area contributed by atoms with Gasteiger partial charge in [-0.3, -0.25) is 4.90 Å². The zero-order valence-electron chi connectivity index (χ0n) is 20.6. The highest BCUT2D eigenvalue weighted by Crippen LogP contribution is 2.33. The van der Waals surface area contributed by atoms with Crippen molar-refractivity contribution < 1.29 is 13.9 Å². The molecule has 6 nitrogen and oxygen atoms in total. The number of ether oxygens (including phenoxy) is 2. The van der Waals surface area contributed by atoms with Crippen molar-refractivity contribution >= 4 is 34.0 Å². The fourth-order valence-corrected chi connectivity index (χ4v) is 4.75. The number of anilines is 1. The predicted molar refractivity (Wildman–Crippen MR) is 142 cm³/mol. The molecule has 0 unspecified atom stereocenters. The zero-order valence-corrected chi connectivity index (χ0v) is 21.4. The minimum Gasteiger partial charge on any atom is -0.493 e. The number of hydrogen-bond acceptors (Lipinski definition) is 5. The molecule has 1 N–H and O–H groups in total. The van der Waals surface area contributed by atoms with Crippen LogP contribution in [0.15, 0.2) is 46.9 Å². The number of thiocarbonyl (C=S) groups is 1. The molecule has 7 heteroatoms. The minimum absolute atomic E-state index is 0.0353. The molecule has 0 radical (unpaired) electrons. The summed E-state index contributed by atoms with van der Waals surface area (Å²) in [5.41, 5.74) is 4.18. The topological polar surface area (TPSA) is 50.1 Å². The summed E-state index contributed by atoms with van der Waals surface area (Å²) in [4.78, 5) is 4.70. The van der Waals surface area contributed by atoms with E-state index in [0.717, 1.165) is 74.0 Å². The van der Waals surface area contributed by atoms with E-state index in [4.69, 9.17) is 26.1 Å². The molecule has 0 saturated carbocycles. The SMILES string of the molecule is COc1cccc2cc([C@@H](C)N(CCCN3CCOCC3)C(=S)Nc3cc(C)ccc3C)oc12. The molecular weight excluding hydrogens is 446 g/mol. The number of rotatable bonds is 8. The summed E-state index contributed by atoms with van der Waals surface area (Å²) in [6.45, 7) is 11.8. The first kappa shape index (κ1) is 24.5. The van der Waals surface area contributed by atoms with Gasteiger partial charge in [-0.15, -0.1) is 0 Å². The maximum atomic E-state index is 6.29. The lowest BCUT2D eigenvalue weighted by atomic mass is 10.1. The van der Waals surface area contributed by atoms with Crippen LogP contribution >= 0.6 is 12.2 Å². The van der Waals surface area contributed by atoms with Crippen LogP contribution in [-0.2, 0) is 4.74 Å². The average molecular weight is 482 g/mol. The van der Waals surface area contributed by atoms with Crippen LogP contribution in [0.1, 0.15) is 36.3 Å². The number of para-hydroxylation sites is 1. The van der Waals surface area contributed by atoms with Gasteiger partial charge in [0.1, 0.15) is 5.76 Å². The highest BCUT2D eigenvalue weighted by Gasteiger charge is 2.24. The Kier molecular flexibility index (Phi) is 8.08. The Bertz CT molecular complexity index is 1120. The molecule has 4 rings (SSSR count). The van der Waals surface area contributed by atoms with Crippen molar-refractivity contribution in [1.82, 2.24) is 9.80 Å². The first-order chi connectivity index (χ1) is 16.5. The molecule has 0 bridgehead atoms. The van der Waals surface area contributed by atoms with Gasteiger partial charge in [0, 0.05) is 37.3 Å². The van der Waals surface area contributed by atoms with Crippen LogP contribution < -0.4 is 10.1 Å². The van der Waals surface area contributed by atoms with Gasteiger partial charge in [-0.2, -0.15) is 0 Å². The van der Waals surface area contributed by atoms with Crippen LogP contribution in [0.2, 0.25) is 0 Å². The monoisotopic (exact) mass is 481 g/mol. The summed E-state index contributed by atoms with van der Waals surface area (Å²) < 4.78 is 17.3. The van der Waals surface area contributed by atoms with Gasteiger partial charge in [0.05, 0.1) is 26.4 Å². The van der Waals surface area contributed by atoms with E-state index in [0.29, 0.717) is 5.11 Å². The van der Waals surface area contributed by atoms with Gasteiger partial charge < -0.3 is 24.1 Å². The minimum atomic E-state index is -0.0353. The summed E-state index contributed by atoms with van der Waals surface area (Å²) in [5.74, 6) is 1.61. The molecular formula is C27H35N3O3S. The van der Waals surface area contributed by atoms with Crippen LogP contribution in [0.5, 0.6) is 5.75 Å². The third-order valence-corrected chi connectivity index (χ3v) is 6.84. The standard InChI is InChI=1S/C27H35N3O3S/c1-19-9-10-20(2)23(17-19)28-27(34)30(12-6-11-29-13-15-32-16-14-29)21(3)25-18-22-7-5-8-24(31-4)26(22)33-25/h5,7-10,17-18,21H,6,11-16H2,1-4H3,(H,28,34)/t21-/m1/s1. The van der Waals surface area contributed by atoms with E-state index in [1.54, 1.807) is 7.11 Å². The van der Waals surface area contributed by atoms with Gasteiger partial charge in [-0.25, -0.2) is 0 Å². The Balaban J connectivity index is 1.55.